The van der Waals surface area contributed by atoms with Crippen LogP contribution in [0.2, 0.25) is 0 Å². The largest absolute Gasteiger partial charge is 0.478 e. The summed E-state index contributed by atoms with van der Waals surface area (Å²) in [4.78, 5) is 13.4. The van der Waals surface area contributed by atoms with E-state index in [9.17, 15) is 9.90 Å². The first-order valence-corrected chi connectivity index (χ1v) is 18.3. The molecule has 0 aromatic carbocycles. The third kappa shape index (κ3) is 14.0. The zero-order valence-corrected chi connectivity index (χ0v) is 26.8. The van der Waals surface area contributed by atoms with Crippen molar-refractivity contribution in [2.24, 2.45) is 0 Å². The van der Waals surface area contributed by atoms with Gasteiger partial charge in [-0.1, -0.05) is 134 Å². The van der Waals surface area contributed by atoms with Gasteiger partial charge in [0.25, 0.3) is 0 Å². The summed E-state index contributed by atoms with van der Waals surface area (Å²) in [6.07, 6.45) is 44.6. The quantitative estimate of drug-likeness (QED) is 0.345. The lowest BCUT2D eigenvalue weighted by Crippen LogP contribution is -2.12. The van der Waals surface area contributed by atoms with E-state index >= 15 is 0 Å². The number of carbonyl (C=O) groups is 1. The second-order valence-electron chi connectivity index (χ2n) is 13.3. The zero-order valence-electron chi connectivity index (χ0n) is 26.8. The van der Waals surface area contributed by atoms with Crippen molar-refractivity contribution in [3.8, 4) is 0 Å². The van der Waals surface area contributed by atoms with E-state index in [0.717, 1.165) is 56.1 Å². The number of carboxylic acids is 1. The third-order valence-electron chi connectivity index (χ3n) is 9.80. The summed E-state index contributed by atoms with van der Waals surface area (Å²) in [5, 5.41) is 11.0. The van der Waals surface area contributed by atoms with Crippen LogP contribution in [0.15, 0.2) is 46.1 Å². The van der Waals surface area contributed by atoms with Gasteiger partial charge in [0.2, 0.25) is 0 Å². The van der Waals surface area contributed by atoms with Crippen LogP contribution in [0.4, 0.5) is 0 Å². The number of carboxylic acid groups (broad SMARTS) is 1. The van der Waals surface area contributed by atoms with Crippen molar-refractivity contribution >= 4 is 5.97 Å². The van der Waals surface area contributed by atoms with Gasteiger partial charge in [-0.2, -0.15) is 0 Å². The molecule has 0 aliphatic heterocycles. The first-order valence-electron chi connectivity index (χ1n) is 18.3. The molecule has 0 spiro atoms. The van der Waals surface area contributed by atoms with Gasteiger partial charge in [-0.05, 0) is 99.3 Å². The Morgan fingerprint density at radius 3 is 1.00 bits per heavy atom. The average Bonchev–Trinajstić information content (AvgIpc) is 2.94. The highest BCUT2D eigenvalue weighted by atomic mass is 16.4. The van der Waals surface area contributed by atoms with E-state index in [1.54, 1.807) is 0 Å². The van der Waals surface area contributed by atoms with Crippen molar-refractivity contribution in [2.45, 2.75) is 193 Å². The van der Waals surface area contributed by atoms with Crippen LogP contribution in [0.3, 0.4) is 0 Å². The Labute approximate surface area is 254 Å². The lowest BCUT2D eigenvalue weighted by molar-refractivity contribution is -0.132. The lowest BCUT2D eigenvalue weighted by atomic mass is 9.81. The van der Waals surface area contributed by atoms with E-state index in [1.807, 2.05) is 0 Å². The maximum atomic E-state index is 13.4. The highest BCUT2D eigenvalue weighted by Gasteiger charge is 2.24. The van der Waals surface area contributed by atoms with E-state index in [2.05, 4.69) is 18.2 Å². The molecule has 0 heterocycles. The summed E-state index contributed by atoms with van der Waals surface area (Å²) in [5.74, 6) is -0.683. The minimum Gasteiger partial charge on any atom is -0.478 e. The number of aliphatic carboxylic acids is 1. The Kier molecular flexibility index (Phi) is 18.2. The normalized spacial score (nSPS) is 26.6. The maximum Gasteiger partial charge on any atom is 0.336 e. The second-order valence-corrected chi connectivity index (χ2v) is 13.3. The lowest BCUT2D eigenvalue weighted by Gasteiger charge is -2.23. The summed E-state index contributed by atoms with van der Waals surface area (Å²) < 4.78 is 0. The molecule has 0 saturated carbocycles. The van der Waals surface area contributed by atoms with Gasteiger partial charge in [0.1, 0.15) is 0 Å². The molecule has 3 rings (SSSR count). The fourth-order valence-corrected chi connectivity index (χ4v) is 7.31. The predicted octanol–water partition coefficient (Wildman–Crippen LogP) is 12.9. The van der Waals surface area contributed by atoms with Gasteiger partial charge in [0, 0.05) is 0 Å². The van der Waals surface area contributed by atoms with Crippen molar-refractivity contribution in [1.82, 2.24) is 0 Å². The van der Waals surface area contributed by atoms with Crippen LogP contribution in [0, 0.1) is 0 Å². The highest BCUT2D eigenvalue weighted by molar-refractivity contribution is 5.95. The maximum absolute atomic E-state index is 13.4. The van der Waals surface area contributed by atoms with Crippen LogP contribution in [-0.2, 0) is 4.79 Å². The molecule has 0 unspecified atom stereocenters. The molecule has 0 aromatic heterocycles. The molecule has 0 radical (unpaired) electrons. The van der Waals surface area contributed by atoms with Crippen LogP contribution >= 0.6 is 0 Å². The van der Waals surface area contributed by atoms with Crippen molar-refractivity contribution < 1.29 is 9.90 Å². The van der Waals surface area contributed by atoms with Gasteiger partial charge in [-0.15, -0.1) is 0 Å². The summed E-state index contributed by atoms with van der Waals surface area (Å²) in [6, 6.07) is 0. The predicted molar refractivity (Wildman–Crippen MR) is 177 cm³/mol. The SMILES string of the molecule is O=C(O)C(=C(C1=C/CCCCCCCCCC\1)/C1=C/CCCCCCCCCC1)/C1=C/CCCCCCCCCC1. The molecule has 3 aliphatic rings. The minimum absolute atomic E-state index is 0.679. The van der Waals surface area contributed by atoms with Gasteiger partial charge in [0.05, 0.1) is 5.57 Å². The minimum atomic E-state index is -0.683. The van der Waals surface area contributed by atoms with Gasteiger partial charge >= 0.3 is 5.97 Å². The fourth-order valence-electron chi connectivity index (χ4n) is 7.31. The molecule has 0 fully saturated rings. The molecular formula is C39H64O2. The number of allylic oxidation sites excluding steroid dienone is 6. The Morgan fingerprint density at radius 1 is 0.390 bits per heavy atom. The van der Waals surface area contributed by atoms with E-state index in [0.29, 0.717) is 5.57 Å². The molecule has 0 aromatic rings. The monoisotopic (exact) mass is 564 g/mol. The van der Waals surface area contributed by atoms with E-state index in [-0.39, 0.29) is 0 Å². The number of hydrogen-bond acceptors (Lipinski definition) is 1. The molecule has 41 heavy (non-hydrogen) atoms. The highest BCUT2D eigenvalue weighted by Crippen LogP contribution is 2.37. The van der Waals surface area contributed by atoms with Crippen LogP contribution in [0.5, 0.6) is 0 Å². The molecule has 3 aliphatic carbocycles. The average molecular weight is 565 g/mol. The Hall–Kier alpha value is -1.57. The first kappa shape index (κ1) is 33.9. The number of rotatable bonds is 4. The summed E-state index contributed by atoms with van der Waals surface area (Å²) >= 11 is 0. The van der Waals surface area contributed by atoms with Crippen molar-refractivity contribution in [1.29, 1.82) is 0 Å². The van der Waals surface area contributed by atoms with Gasteiger partial charge in [-0.25, -0.2) is 4.79 Å². The molecule has 2 heteroatoms. The molecule has 1 N–H and O–H groups in total. The molecule has 0 saturated heterocycles. The molecule has 0 bridgehead atoms. The molecule has 0 amide bonds. The third-order valence-corrected chi connectivity index (χ3v) is 9.80. The van der Waals surface area contributed by atoms with Crippen LogP contribution in [0.1, 0.15) is 193 Å². The zero-order chi connectivity index (χ0) is 28.8. The molecule has 0 atom stereocenters. The van der Waals surface area contributed by atoms with Crippen LogP contribution in [0.25, 0.3) is 0 Å². The van der Waals surface area contributed by atoms with Crippen LogP contribution in [-0.4, -0.2) is 11.1 Å². The van der Waals surface area contributed by atoms with Crippen molar-refractivity contribution in [3.05, 3.63) is 46.1 Å². The standard InChI is InChI=1S/C39H64O2/c40-39(41)38(36-32-26-20-14-8-3-9-15-21-27-33-36)37(34-28-22-16-10-4-1-5-11-17-23-29-34)35-30-24-18-12-6-2-7-13-19-25-31-35/h28,30,32H,1-27,29,31,33H2,(H,40,41)/b34-28+,35-30+,36-32+. The Balaban J connectivity index is 2.08. The topological polar surface area (TPSA) is 37.3 Å². The first-order chi connectivity index (χ1) is 20.3. The molecular weight excluding hydrogens is 500 g/mol. The van der Waals surface area contributed by atoms with Crippen LogP contribution < -0.4 is 0 Å². The van der Waals surface area contributed by atoms with Crippen molar-refractivity contribution in [2.75, 3.05) is 0 Å². The summed E-state index contributed by atoms with van der Waals surface area (Å²) in [7, 11) is 0. The van der Waals surface area contributed by atoms with Gasteiger partial charge in [0.15, 0.2) is 0 Å². The fraction of sp³-hybridized carbons (Fsp3) is 0.769. The van der Waals surface area contributed by atoms with Crippen molar-refractivity contribution in [3.63, 3.8) is 0 Å². The smallest absolute Gasteiger partial charge is 0.336 e. The number of hydrogen-bond donors (Lipinski definition) is 1. The van der Waals surface area contributed by atoms with E-state index in [4.69, 9.17) is 0 Å². The van der Waals surface area contributed by atoms with Gasteiger partial charge in [-0.3, -0.25) is 0 Å². The summed E-state index contributed by atoms with van der Waals surface area (Å²) in [5.41, 5.74) is 5.72. The molecule has 232 valence electrons. The Bertz CT molecular complexity index is 815. The van der Waals surface area contributed by atoms with E-state index < -0.39 is 5.97 Å². The van der Waals surface area contributed by atoms with Gasteiger partial charge < -0.3 is 5.11 Å². The second kappa shape index (κ2) is 22.0. The Morgan fingerprint density at radius 2 is 0.659 bits per heavy atom. The summed E-state index contributed by atoms with van der Waals surface area (Å²) in [6.45, 7) is 0. The molecule has 2 nitrogen and oxygen atoms in total. The van der Waals surface area contributed by atoms with E-state index in [1.165, 1.54) is 159 Å².